The second-order valence-electron chi connectivity index (χ2n) is 4.57. The minimum absolute atomic E-state index is 0.0772. The number of aryl methyl sites for hydroxylation is 2. The lowest BCUT2D eigenvalue weighted by Crippen LogP contribution is -2.26. The fourth-order valence-electron chi connectivity index (χ4n) is 2.10. The SMILES string of the molecule is Cc1ccc2[nH]c(C)c(C(=O)NCCC(=O)O)c2c1. The van der Waals surface area contributed by atoms with Gasteiger partial charge in [0.2, 0.25) is 0 Å². The lowest BCUT2D eigenvalue weighted by atomic mass is 10.1. The third kappa shape index (κ3) is 2.76. The molecular formula is C14H16N2O3. The lowest BCUT2D eigenvalue weighted by Gasteiger charge is -2.04. The van der Waals surface area contributed by atoms with Gasteiger partial charge in [0.1, 0.15) is 0 Å². The number of aromatic nitrogens is 1. The number of carboxylic acids is 1. The summed E-state index contributed by atoms with van der Waals surface area (Å²) in [5, 5.41) is 12.1. The number of amides is 1. The normalized spacial score (nSPS) is 10.6. The van der Waals surface area contributed by atoms with E-state index in [0.29, 0.717) is 5.56 Å². The molecule has 0 fully saturated rings. The molecule has 5 nitrogen and oxygen atoms in total. The van der Waals surface area contributed by atoms with Crippen molar-refractivity contribution in [2.45, 2.75) is 20.3 Å². The highest BCUT2D eigenvalue weighted by Gasteiger charge is 2.15. The van der Waals surface area contributed by atoms with E-state index in [1.54, 1.807) is 0 Å². The van der Waals surface area contributed by atoms with Gasteiger partial charge >= 0.3 is 5.97 Å². The molecule has 0 spiro atoms. The van der Waals surface area contributed by atoms with E-state index < -0.39 is 5.97 Å². The molecule has 19 heavy (non-hydrogen) atoms. The zero-order valence-electron chi connectivity index (χ0n) is 10.9. The summed E-state index contributed by atoms with van der Waals surface area (Å²) in [6.45, 7) is 3.93. The van der Waals surface area contributed by atoms with Gasteiger partial charge in [-0.1, -0.05) is 11.6 Å². The first-order chi connectivity index (χ1) is 8.99. The first-order valence-electron chi connectivity index (χ1n) is 6.08. The molecule has 0 bridgehead atoms. The van der Waals surface area contributed by atoms with Crippen LogP contribution in [-0.4, -0.2) is 28.5 Å². The van der Waals surface area contributed by atoms with Gasteiger partial charge in [-0.3, -0.25) is 9.59 Å². The van der Waals surface area contributed by atoms with E-state index in [1.165, 1.54) is 0 Å². The molecule has 2 rings (SSSR count). The van der Waals surface area contributed by atoms with Gasteiger partial charge in [0.15, 0.2) is 0 Å². The van der Waals surface area contributed by atoms with Crippen LogP contribution in [0.5, 0.6) is 0 Å². The predicted molar refractivity (Wildman–Crippen MR) is 72.4 cm³/mol. The summed E-state index contributed by atoms with van der Waals surface area (Å²) < 4.78 is 0. The highest BCUT2D eigenvalue weighted by Crippen LogP contribution is 2.23. The van der Waals surface area contributed by atoms with Crippen LogP contribution < -0.4 is 5.32 Å². The number of carboxylic acid groups (broad SMARTS) is 1. The third-order valence-corrected chi connectivity index (χ3v) is 2.99. The fraction of sp³-hybridized carbons (Fsp3) is 0.286. The van der Waals surface area contributed by atoms with E-state index in [-0.39, 0.29) is 18.9 Å². The molecule has 0 atom stereocenters. The van der Waals surface area contributed by atoms with Crippen LogP contribution in [-0.2, 0) is 4.79 Å². The van der Waals surface area contributed by atoms with Crippen LogP contribution in [0.1, 0.15) is 28.0 Å². The van der Waals surface area contributed by atoms with Crippen LogP contribution in [0.15, 0.2) is 18.2 Å². The van der Waals surface area contributed by atoms with Crippen molar-refractivity contribution in [3.8, 4) is 0 Å². The largest absolute Gasteiger partial charge is 0.481 e. The van der Waals surface area contributed by atoms with E-state index in [4.69, 9.17) is 5.11 Å². The van der Waals surface area contributed by atoms with Crippen LogP contribution in [0.3, 0.4) is 0 Å². The van der Waals surface area contributed by atoms with Crippen molar-refractivity contribution in [1.29, 1.82) is 0 Å². The fourth-order valence-corrected chi connectivity index (χ4v) is 2.10. The summed E-state index contributed by atoms with van der Waals surface area (Å²) in [7, 11) is 0. The van der Waals surface area contributed by atoms with Crippen molar-refractivity contribution in [1.82, 2.24) is 10.3 Å². The Kier molecular flexibility index (Phi) is 3.55. The second-order valence-corrected chi connectivity index (χ2v) is 4.57. The lowest BCUT2D eigenvalue weighted by molar-refractivity contribution is -0.136. The Morgan fingerprint density at radius 3 is 2.74 bits per heavy atom. The van der Waals surface area contributed by atoms with E-state index in [0.717, 1.165) is 22.2 Å². The Morgan fingerprint density at radius 2 is 2.05 bits per heavy atom. The minimum Gasteiger partial charge on any atom is -0.481 e. The number of rotatable bonds is 4. The smallest absolute Gasteiger partial charge is 0.305 e. The van der Waals surface area contributed by atoms with Crippen LogP contribution in [0.2, 0.25) is 0 Å². The Balaban J connectivity index is 2.28. The summed E-state index contributed by atoms with van der Waals surface area (Å²) in [4.78, 5) is 25.7. The van der Waals surface area contributed by atoms with Crippen molar-refractivity contribution >= 4 is 22.8 Å². The predicted octanol–water partition coefficient (Wildman–Crippen LogP) is 1.99. The molecule has 0 unspecified atom stereocenters. The van der Waals surface area contributed by atoms with Gasteiger partial charge in [0, 0.05) is 23.1 Å². The molecule has 1 amide bonds. The topological polar surface area (TPSA) is 82.2 Å². The Bertz CT molecular complexity index is 643. The first-order valence-corrected chi connectivity index (χ1v) is 6.08. The molecule has 1 aromatic carbocycles. The van der Waals surface area contributed by atoms with Crippen molar-refractivity contribution in [3.63, 3.8) is 0 Å². The Morgan fingerprint density at radius 1 is 1.32 bits per heavy atom. The molecule has 2 aromatic rings. The summed E-state index contributed by atoms with van der Waals surface area (Å²) >= 11 is 0. The highest BCUT2D eigenvalue weighted by atomic mass is 16.4. The number of hydrogen-bond acceptors (Lipinski definition) is 2. The van der Waals surface area contributed by atoms with E-state index in [9.17, 15) is 9.59 Å². The van der Waals surface area contributed by atoms with Crippen molar-refractivity contribution in [3.05, 3.63) is 35.0 Å². The van der Waals surface area contributed by atoms with Gasteiger partial charge in [-0.25, -0.2) is 0 Å². The second kappa shape index (κ2) is 5.14. The molecule has 0 saturated carbocycles. The maximum Gasteiger partial charge on any atom is 0.305 e. The van der Waals surface area contributed by atoms with Crippen LogP contribution >= 0.6 is 0 Å². The van der Waals surface area contributed by atoms with Gasteiger partial charge in [0.25, 0.3) is 5.91 Å². The molecule has 100 valence electrons. The third-order valence-electron chi connectivity index (χ3n) is 2.99. The molecule has 1 heterocycles. The average molecular weight is 260 g/mol. The molecular weight excluding hydrogens is 244 g/mol. The number of hydrogen-bond donors (Lipinski definition) is 3. The summed E-state index contributed by atoms with van der Waals surface area (Å²) in [6.07, 6.45) is -0.0772. The zero-order valence-corrected chi connectivity index (χ0v) is 10.9. The molecule has 0 aliphatic rings. The molecule has 1 aromatic heterocycles. The van der Waals surface area contributed by atoms with Crippen LogP contribution in [0.4, 0.5) is 0 Å². The van der Waals surface area contributed by atoms with E-state index in [2.05, 4.69) is 10.3 Å². The zero-order chi connectivity index (χ0) is 14.0. The van der Waals surface area contributed by atoms with Crippen LogP contribution in [0.25, 0.3) is 10.9 Å². The van der Waals surface area contributed by atoms with E-state index >= 15 is 0 Å². The van der Waals surface area contributed by atoms with Gasteiger partial charge in [-0.2, -0.15) is 0 Å². The highest BCUT2D eigenvalue weighted by molar-refractivity contribution is 6.08. The number of benzene rings is 1. The van der Waals surface area contributed by atoms with Crippen molar-refractivity contribution in [2.24, 2.45) is 0 Å². The summed E-state index contributed by atoms with van der Waals surface area (Å²) in [5.74, 6) is -1.16. The van der Waals surface area contributed by atoms with Gasteiger partial charge in [-0.05, 0) is 26.0 Å². The van der Waals surface area contributed by atoms with Crippen LogP contribution in [0, 0.1) is 13.8 Å². The summed E-state index contributed by atoms with van der Waals surface area (Å²) in [6, 6.07) is 5.86. The number of fused-ring (bicyclic) bond motifs is 1. The molecule has 0 aliphatic heterocycles. The molecule has 0 saturated heterocycles. The number of H-pyrrole nitrogens is 1. The van der Waals surface area contributed by atoms with Crippen molar-refractivity contribution in [2.75, 3.05) is 6.54 Å². The number of carbonyl (C=O) groups is 2. The number of aromatic amines is 1. The number of aliphatic carboxylic acids is 1. The molecule has 0 radical (unpaired) electrons. The standard InChI is InChI=1S/C14H16N2O3/c1-8-3-4-11-10(7-8)13(9(2)16-11)14(19)15-6-5-12(17)18/h3-4,7,16H,5-6H2,1-2H3,(H,15,19)(H,17,18). The monoisotopic (exact) mass is 260 g/mol. The van der Waals surface area contributed by atoms with E-state index in [1.807, 2.05) is 32.0 Å². The summed E-state index contributed by atoms with van der Waals surface area (Å²) in [5.41, 5.74) is 3.36. The quantitative estimate of drug-likeness (QED) is 0.786. The Hall–Kier alpha value is -2.30. The number of carbonyl (C=O) groups excluding carboxylic acids is 1. The van der Waals surface area contributed by atoms with Gasteiger partial charge in [-0.15, -0.1) is 0 Å². The van der Waals surface area contributed by atoms with Crippen molar-refractivity contribution < 1.29 is 14.7 Å². The molecule has 3 N–H and O–H groups in total. The first kappa shape index (κ1) is 13.1. The Labute approximate surface area is 110 Å². The van der Waals surface area contributed by atoms with Gasteiger partial charge < -0.3 is 15.4 Å². The average Bonchev–Trinajstić information content (AvgIpc) is 2.63. The minimum atomic E-state index is -0.924. The molecule has 0 aliphatic carbocycles. The van der Waals surface area contributed by atoms with Gasteiger partial charge in [0.05, 0.1) is 12.0 Å². The maximum atomic E-state index is 12.1. The molecule has 5 heteroatoms. The maximum absolute atomic E-state index is 12.1. The number of nitrogens with one attached hydrogen (secondary N) is 2.